The van der Waals surface area contributed by atoms with Crippen molar-refractivity contribution in [2.45, 2.75) is 19.6 Å². The lowest BCUT2D eigenvalue weighted by molar-refractivity contribution is -0.122. The molecule has 9 nitrogen and oxygen atoms in total. The lowest BCUT2D eigenvalue weighted by atomic mass is 10.1. The van der Waals surface area contributed by atoms with Crippen molar-refractivity contribution in [2.24, 2.45) is 0 Å². The Morgan fingerprint density at radius 2 is 1.78 bits per heavy atom. The number of rotatable bonds is 11. The van der Waals surface area contributed by atoms with Crippen molar-refractivity contribution in [1.29, 1.82) is 0 Å². The van der Waals surface area contributed by atoms with Crippen molar-refractivity contribution in [1.82, 2.24) is 25.5 Å². The zero-order valence-corrected chi connectivity index (χ0v) is 20.0. The van der Waals surface area contributed by atoms with E-state index in [2.05, 4.69) is 20.7 Å². The molecule has 1 N–H and O–H groups in total. The van der Waals surface area contributed by atoms with Crippen molar-refractivity contribution in [2.75, 3.05) is 20.8 Å². The van der Waals surface area contributed by atoms with Crippen LogP contribution in [0.1, 0.15) is 11.1 Å². The Labute approximate surface area is 207 Å². The molecule has 0 aliphatic rings. The summed E-state index contributed by atoms with van der Waals surface area (Å²) in [6, 6.07) is 19.2. The Balaban J connectivity index is 1.26. The summed E-state index contributed by atoms with van der Waals surface area (Å²) in [4.78, 5) is 13.5. The van der Waals surface area contributed by atoms with Gasteiger partial charge in [-0.2, -0.15) is 4.80 Å². The molecule has 0 saturated carbocycles. The molecule has 0 atom stereocenters. The molecule has 0 aliphatic heterocycles. The summed E-state index contributed by atoms with van der Waals surface area (Å²) in [5.41, 5.74) is 2.21. The molecular weight excluding hydrogens is 465 g/mol. The molecule has 1 heterocycles. The summed E-state index contributed by atoms with van der Waals surface area (Å²) in [6.07, 6.45) is 0.632. The molecule has 36 heavy (non-hydrogen) atoms. The molecule has 0 fully saturated rings. The number of ether oxygens (including phenoxy) is 3. The first-order valence-electron chi connectivity index (χ1n) is 11.3. The molecule has 0 unspecified atom stereocenters. The summed E-state index contributed by atoms with van der Waals surface area (Å²) in [5.74, 6) is 1.74. The van der Waals surface area contributed by atoms with Gasteiger partial charge in [0.05, 0.1) is 14.2 Å². The van der Waals surface area contributed by atoms with Crippen LogP contribution in [-0.2, 0) is 24.4 Å². The van der Waals surface area contributed by atoms with Crippen LogP contribution in [0.5, 0.6) is 17.2 Å². The largest absolute Gasteiger partial charge is 0.493 e. The van der Waals surface area contributed by atoms with Gasteiger partial charge in [0.25, 0.3) is 0 Å². The zero-order chi connectivity index (χ0) is 25.3. The number of hydrogen-bond acceptors (Lipinski definition) is 7. The normalized spacial score (nSPS) is 10.6. The number of amides is 1. The standard InChI is InChI=1S/C26H26FN5O4/c1-34-23-12-7-18(15-24(23)35-2)13-14-28-25(33)16-32-30-26(29-31-32)19-8-10-21(11-9-19)36-17-20-5-3-4-6-22(20)27/h3-12,15H,13-14,16-17H2,1-2H3,(H,28,33). The number of halogens is 1. The molecule has 10 heteroatoms. The van der Waals surface area contributed by atoms with E-state index in [1.807, 2.05) is 18.2 Å². The van der Waals surface area contributed by atoms with E-state index in [0.29, 0.717) is 47.2 Å². The third-order valence-electron chi connectivity index (χ3n) is 5.39. The van der Waals surface area contributed by atoms with Crippen LogP contribution < -0.4 is 19.5 Å². The van der Waals surface area contributed by atoms with E-state index in [1.54, 1.807) is 56.7 Å². The predicted molar refractivity (Wildman–Crippen MR) is 130 cm³/mol. The van der Waals surface area contributed by atoms with Gasteiger partial charge in [0.1, 0.15) is 24.7 Å². The Hall–Kier alpha value is -4.47. The Morgan fingerprint density at radius 3 is 2.53 bits per heavy atom. The number of nitrogens with one attached hydrogen (secondary N) is 1. The Bertz CT molecular complexity index is 1310. The monoisotopic (exact) mass is 491 g/mol. The Kier molecular flexibility index (Phi) is 8.07. The molecule has 0 saturated heterocycles. The minimum Gasteiger partial charge on any atom is -0.493 e. The highest BCUT2D eigenvalue weighted by atomic mass is 19.1. The van der Waals surface area contributed by atoms with Gasteiger partial charge in [-0.15, -0.1) is 10.2 Å². The van der Waals surface area contributed by atoms with Crippen molar-refractivity contribution < 1.29 is 23.4 Å². The van der Waals surface area contributed by atoms with Gasteiger partial charge in [-0.3, -0.25) is 4.79 Å². The maximum atomic E-state index is 13.7. The highest BCUT2D eigenvalue weighted by Gasteiger charge is 2.11. The molecule has 0 aliphatic carbocycles. The van der Waals surface area contributed by atoms with Crippen molar-refractivity contribution >= 4 is 5.91 Å². The summed E-state index contributed by atoms with van der Waals surface area (Å²) < 4.78 is 29.9. The highest BCUT2D eigenvalue weighted by molar-refractivity contribution is 5.75. The van der Waals surface area contributed by atoms with E-state index >= 15 is 0 Å². The minimum absolute atomic E-state index is 0.0528. The average molecular weight is 492 g/mol. The molecule has 3 aromatic carbocycles. The van der Waals surface area contributed by atoms with Crippen LogP contribution in [0, 0.1) is 5.82 Å². The van der Waals surface area contributed by atoms with Crippen LogP contribution in [0.15, 0.2) is 66.7 Å². The van der Waals surface area contributed by atoms with Gasteiger partial charge in [0.2, 0.25) is 11.7 Å². The number of methoxy groups -OCH3 is 2. The number of nitrogens with zero attached hydrogens (tertiary/aromatic N) is 4. The van der Waals surface area contributed by atoms with Gasteiger partial charge < -0.3 is 19.5 Å². The smallest absolute Gasteiger partial charge is 0.243 e. The summed E-state index contributed by atoms with van der Waals surface area (Å²) >= 11 is 0. The molecule has 1 amide bonds. The first-order valence-corrected chi connectivity index (χ1v) is 11.3. The van der Waals surface area contributed by atoms with Gasteiger partial charge >= 0.3 is 0 Å². The summed E-state index contributed by atoms with van der Waals surface area (Å²) in [7, 11) is 3.17. The van der Waals surface area contributed by atoms with E-state index in [9.17, 15) is 9.18 Å². The van der Waals surface area contributed by atoms with Crippen LogP contribution in [0.25, 0.3) is 11.4 Å². The first-order chi connectivity index (χ1) is 17.6. The fraction of sp³-hybridized carbons (Fsp3) is 0.231. The molecule has 0 bridgehead atoms. The van der Waals surface area contributed by atoms with Crippen LogP contribution in [-0.4, -0.2) is 46.9 Å². The van der Waals surface area contributed by atoms with E-state index in [-0.39, 0.29) is 24.9 Å². The molecule has 0 spiro atoms. The second-order valence-electron chi connectivity index (χ2n) is 7.84. The highest BCUT2D eigenvalue weighted by Crippen LogP contribution is 2.27. The molecule has 1 aromatic heterocycles. The quantitative estimate of drug-likeness (QED) is 0.343. The lowest BCUT2D eigenvalue weighted by Crippen LogP contribution is -2.30. The molecule has 0 radical (unpaired) electrons. The van der Waals surface area contributed by atoms with Crippen molar-refractivity contribution in [3.8, 4) is 28.6 Å². The van der Waals surface area contributed by atoms with Gasteiger partial charge in [-0.1, -0.05) is 24.3 Å². The number of carbonyl (C=O) groups excluding carboxylic acids is 1. The predicted octanol–water partition coefficient (Wildman–Crippen LogP) is 3.43. The molecule has 4 rings (SSSR count). The van der Waals surface area contributed by atoms with Crippen LogP contribution in [0.2, 0.25) is 0 Å². The van der Waals surface area contributed by atoms with Crippen LogP contribution >= 0.6 is 0 Å². The average Bonchev–Trinajstić information content (AvgIpc) is 3.36. The van der Waals surface area contributed by atoms with E-state index < -0.39 is 0 Å². The second kappa shape index (κ2) is 11.8. The van der Waals surface area contributed by atoms with Crippen LogP contribution in [0.4, 0.5) is 4.39 Å². The summed E-state index contributed by atoms with van der Waals surface area (Å²) in [5, 5.41) is 15.1. The number of tetrazole rings is 1. The lowest BCUT2D eigenvalue weighted by Gasteiger charge is -2.10. The number of hydrogen-bond donors (Lipinski definition) is 1. The fourth-order valence-corrected chi connectivity index (χ4v) is 3.47. The third-order valence-corrected chi connectivity index (χ3v) is 5.39. The van der Waals surface area contributed by atoms with Gasteiger partial charge in [-0.25, -0.2) is 4.39 Å². The Morgan fingerprint density at radius 1 is 1.00 bits per heavy atom. The SMILES string of the molecule is COc1ccc(CCNC(=O)Cn2nnc(-c3ccc(OCc4ccccc4F)cc3)n2)cc1OC. The maximum absolute atomic E-state index is 13.7. The van der Waals surface area contributed by atoms with E-state index in [4.69, 9.17) is 14.2 Å². The number of aromatic nitrogens is 4. The molecule has 4 aromatic rings. The second-order valence-corrected chi connectivity index (χ2v) is 7.84. The topological polar surface area (TPSA) is 100 Å². The summed E-state index contributed by atoms with van der Waals surface area (Å²) in [6.45, 7) is 0.522. The van der Waals surface area contributed by atoms with Crippen molar-refractivity contribution in [3.63, 3.8) is 0 Å². The minimum atomic E-state index is -0.306. The molecular formula is C26H26FN5O4. The van der Waals surface area contributed by atoms with Crippen molar-refractivity contribution in [3.05, 3.63) is 83.7 Å². The van der Waals surface area contributed by atoms with Gasteiger partial charge in [-0.05, 0) is 59.7 Å². The fourth-order valence-electron chi connectivity index (χ4n) is 3.47. The van der Waals surface area contributed by atoms with E-state index in [1.165, 1.54) is 10.9 Å². The third kappa shape index (κ3) is 6.35. The van der Waals surface area contributed by atoms with Gasteiger partial charge in [0.15, 0.2) is 11.5 Å². The van der Waals surface area contributed by atoms with Gasteiger partial charge in [0, 0.05) is 17.7 Å². The van der Waals surface area contributed by atoms with Crippen LogP contribution in [0.3, 0.4) is 0 Å². The maximum Gasteiger partial charge on any atom is 0.243 e. The number of carbonyl (C=O) groups is 1. The number of benzene rings is 3. The zero-order valence-electron chi connectivity index (χ0n) is 20.0. The van der Waals surface area contributed by atoms with E-state index in [0.717, 1.165) is 5.56 Å². The molecule has 186 valence electrons. The first kappa shape index (κ1) is 24.6.